The lowest BCUT2D eigenvalue weighted by atomic mass is 10.1. The number of aromatic hydroxyl groups is 1. The number of hydrogen-bond acceptors (Lipinski definition) is 20. The number of pyridine rings is 1. The molecule has 0 atom stereocenters. The zero-order valence-corrected chi connectivity index (χ0v) is 42.8. The highest BCUT2D eigenvalue weighted by atomic mass is 32.1. The number of nitrogens with one attached hydrogen (secondary N) is 1. The summed E-state index contributed by atoms with van der Waals surface area (Å²) in [6.07, 6.45) is 7.26. The number of amides is 1. The van der Waals surface area contributed by atoms with Crippen LogP contribution in [-0.4, -0.2) is 83.2 Å². The molecule has 10 N–H and O–H groups in total. The van der Waals surface area contributed by atoms with E-state index in [0.29, 0.717) is 50.9 Å². The summed E-state index contributed by atoms with van der Waals surface area (Å²) in [7, 11) is 2.98. The van der Waals surface area contributed by atoms with Gasteiger partial charge in [0.25, 0.3) is 11.9 Å². The number of nitriles is 3. The van der Waals surface area contributed by atoms with Crippen molar-refractivity contribution in [1.29, 1.82) is 15.8 Å². The molecule has 11 aromatic rings. The van der Waals surface area contributed by atoms with E-state index in [1.54, 1.807) is 55.7 Å². The lowest BCUT2D eigenvalue weighted by Crippen LogP contribution is -2.11. The maximum Gasteiger partial charge on any atom is 0.343 e. The van der Waals surface area contributed by atoms with E-state index in [9.17, 15) is 14.7 Å². The number of para-hydroxylation sites is 2. The van der Waals surface area contributed by atoms with Crippen molar-refractivity contribution < 1.29 is 19.4 Å². The number of benzene rings is 4. The summed E-state index contributed by atoms with van der Waals surface area (Å²) in [5.74, 6) is 1.30. The first-order chi connectivity index (χ1) is 37.6. The van der Waals surface area contributed by atoms with Crippen LogP contribution in [0, 0.1) is 47.8 Å². The van der Waals surface area contributed by atoms with Crippen molar-refractivity contribution >= 4 is 73.2 Å². The van der Waals surface area contributed by atoms with E-state index in [-0.39, 0.29) is 34.4 Å². The van der Waals surface area contributed by atoms with Crippen LogP contribution >= 0.6 is 11.3 Å². The summed E-state index contributed by atoms with van der Waals surface area (Å²) in [6.45, 7) is 3.73. The van der Waals surface area contributed by atoms with E-state index in [1.807, 2.05) is 105 Å². The fourth-order valence-electron chi connectivity index (χ4n) is 6.90. The highest BCUT2D eigenvalue weighted by Crippen LogP contribution is 2.28. The molecule has 25 heteroatoms. The lowest BCUT2D eigenvalue weighted by Gasteiger charge is -2.08. The van der Waals surface area contributed by atoms with Crippen LogP contribution < -0.4 is 28.3 Å². The third kappa shape index (κ3) is 12.8. The Kier molecular flexibility index (Phi) is 17.4. The fraction of sp³-hybridized carbons (Fsp3) is 0.0755. The second-order valence-electron chi connectivity index (χ2n) is 16.1. The molecule has 0 radical (unpaired) electrons. The van der Waals surface area contributed by atoms with Gasteiger partial charge in [-0.25, -0.2) is 24.7 Å². The van der Waals surface area contributed by atoms with Gasteiger partial charge in [-0.1, -0.05) is 72.0 Å². The van der Waals surface area contributed by atoms with Crippen LogP contribution in [0.4, 0.5) is 29.0 Å². The van der Waals surface area contributed by atoms with Gasteiger partial charge in [-0.2, -0.15) is 50.2 Å². The smallest absolute Gasteiger partial charge is 0.343 e. The number of carbonyl (C=O) groups excluding carboxylic acids is 2. The largest absolute Gasteiger partial charge is 0.507 e. The Balaban J connectivity index is 0.000000144. The molecule has 0 spiro atoms. The number of ether oxygens (including phenoxy) is 1. The van der Waals surface area contributed by atoms with Gasteiger partial charge in [-0.3, -0.25) is 9.48 Å². The first kappa shape index (κ1) is 54.3. The molecule has 1 amide bonds. The zero-order valence-electron chi connectivity index (χ0n) is 42.0. The molecular weight excluding hydrogens is 1010 g/mol. The summed E-state index contributed by atoms with van der Waals surface area (Å²) in [4.78, 5) is 40.4. The highest BCUT2D eigenvalue weighted by Gasteiger charge is 2.18. The van der Waals surface area contributed by atoms with Gasteiger partial charge in [0.15, 0.2) is 5.82 Å². The molecule has 24 nitrogen and oxygen atoms in total. The van der Waals surface area contributed by atoms with Gasteiger partial charge in [-0.05, 0) is 79.2 Å². The van der Waals surface area contributed by atoms with E-state index in [0.717, 1.165) is 32.4 Å². The topological polar surface area (TPSA) is 374 Å². The molecule has 11 rings (SSSR count). The third-order valence-corrected chi connectivity index (χ3v) is 11.8. The van der Waals surface area contributed by atoms with E-state index in [2.05, 4.69) is 50.4 Å². The van der Waals surface area contributed by atoms with E-state index in [1.165, 1.54) is 62.0 Å². The minimum absolute atomic E-state index is 0.0165. The van der Waals surface area contributed by atoms with Crippen molar-refractivity contribution in [1.82, 2.24) is 59.1 Å². The average Bonchev–Trinajstić information content (AvgIpc) is 4.30. The zero-order chi connectivity index (χ0) is 55.9. The summed E-state index contributed by atoms with van der Waals surface area (Å²) in [5.41, 5.74) is 27.6. The molecular formula is C53H46N20O4S. The summed E-state index contributed by atoms with van der Waals surface area (Å²) >= 11 is 1.49. The predicted octanol–water partition coefficient (Wildman–Crippen LogP) is 6.98. The van der Waals surface area contributed by atoms with Crippen LogP contribution in [0.2, 0.25) is 0 Å². The van der Waals surface area contributed by atoms with Gasteiger partial charge in [0.1, 0.15) is 69.5 Å². The predicted molar refractivity (Wildman–Crippen MR) is 293 cm³/mol. The fourth-order valence-corrected chi connectivity index (χ4v) is 7.84. The average molecular weight is 1060 g/mol. The minimum atomic E-state index is -0.514. The van der Waals surface area contributed by atoms with E-state index >= 15 is 0 Å². The summed E-state index contributed by atoms with van der Waals surface area (Å²) < 4.78 is 11.3. The molecule has 0 aliphatic heterocycles. The number of phenolic OH excluding ortho intramolecular Hbond substituents is 1. The Morgan fingerprint density at radius 2 is 1.19 bits per heavy atom. The first-order valence-electron chi connectivity index (χ1n) is 22.9. The SMILES string of the molecule is COC(=O)c1cnn(-c2ccccn2)c1N.Cc1cc(C)nc(-n2ncc(C#N)c2N)n1.Cn1ncc(C#N)c1N.N#Cc1cnn(-c2nc3ccccc3s2)c1N.O=C(Nc1ccccc1)c1cc2ccccc2cc1O. The number of hydrogen-bond donors (Lipinski definition) is 6. The Morgan fingerprint density at radius 3 is 1.77 bits per heavy atom. The number of rotatable bonds is 6. The van der Waals surface area contributed by atoms with Gasteiger partial charge in [0, 0.05) is 30.3 Å². The van der Waals surface area contributed by atoms with E-state index in [4.69, 9.17) is 38.7 Å². The summed E-state index contributed by atoms with van der Waals surface area (Å²) in [5, 5.41) is 57.0. The van der Waals surface area contributed by atoms with Crippen molar-refractivity contribution in [3.63, 3.8) is 0 Å². The number of esters is 1. The van der Waals surface area contributed by atoms with Crippen molar-refractivity contribution in [2.45, 2.75) is 13.8 Å². The molecule has 7 aromatic heterocycles. The minimum Gasteiger partial charge on any atom is -0.507 e. The molecule has 78 heavy (non-hydrogen) atoms. The van der Waals surface area contributed by atoms with Crippen LogP contribution in [-0.2, 0) is 11.8 Å². The van der Waals surface area contributed by atoms with Crippen LogP contribution in [0.5, 0.6) is 5.75 Å². The van der Waals surface area contributed by atoms with Crippen molar-refractivity contribution in [2.24, 2.45) is 7.05 Å². The lowest BCUT2D eigenvalue weighted by molar-refractivity contribution is 0.0601. The summed E-state index contributed by atoms with van der Waals surface area (Å²) in [6, 6.07) is 40.9. The number of thiazole rings is 1. The number of aromatic nitrogens is 12. The normalized spacial score (nSPS) is 10.1. The number of nitrogens with zero attached hydrogens (tertiary/aromatic N) is 15. The number of nitrogen functional groups attached to an aromatic ring is 4. The number of nitrogens with two attached hydrogens (primary N) is 4. The Hall–Kier alpha value is -11.5. The number of aryl methyl sites for hydroxylation is 3. The molecule has 0 unspecified atom stereocenters. The van der Waals surface area contributed by atoms with Gasteiger partial charge in [0.2, 0.25) is 5.13 Å². The molecule has 7 heterocycles. The number of methoxy groups -OCH3 is 1. The standard InChI is InChI=1S/C17H13NO2.C11H7N5S.C10H10N6.C10H10N4O2.C5H6N4/c19-16-11-13-7-5-4-6-12(13)10-15(16)17(20)18-14-8-2-1-3-9-14;12-5-7-6-14-16(10(7)13)11-15-8-3-1-2-4-9(8)17-11;1-6-3-7(2)15-10(14-6)16-9(12)8(4-11)5-13-16;1-16-10(15)7-6-13-14(9(7)11)8-4-2-3-5-12-8;1-9-5(7)4(2-6)3-8-9/h1-11,19H,(H,18,20);1-4,6H,13H2;3,5H,12H2,1-2H3;2-6H,11H2,1H3;3H,7H2,1H3. The van der Waals surface area contributed by atoms with Crippen LogP contribution in [0.25, 0.3) is 37.9 Å². The molecule has 0 aliphatic carbocycles. The second-order valence-corrected chi connectivity index (χ2v) is 17.1. The van der Waals surface area contributed by atoms with Crippen molar-refractivity contribution in [2.75, 3.05) is 35.4 Å². The first-order valence-corrected chi connectivity index (χ1v) is 23.7. The van der Waals surface area contributed by atoms with Gasteiger partial charge >= 0.3 is 5.97 Å². The van der Waals surface area contributed by atoms with Gasteiger partial charge in [0.05, 0.1) is 47.7 Å². The number of anilines is 5. The number of fused-ring (bicyclic) bond motifs is 2. The van der Waals surface area contributed by atoms with Gasteiger partial charge < -0.3 is 38.1 Å². The maximum atomic E-state index is 12.2. The molecule has 0 saturated heterocycles. The van der Waals surface area contributed by atoms with Crippen molar-refractivity contribution in [3.05, 3.63) is 185 Å². The van der Waals surface area contributed by atoms with Crippen molar-refractivity contribution in [3.8, 4) is 40.9 Å². The Bertz CT molecular complexity index is 3980. The van der Waals surface area contributed by atoms with Crippen LogP contribution in [0.1, 0.15) is 48.8 Å². The monoisotopic (exact) mass is 1060 g/mol. The highest BCUT2D eigenvalue weighted by molar-refractivity contribution is 7.20. The number of carbonyl (C=O) groups is 2. The third-order valence-electron chi connectivity index (χ3n) is 10.8. The molecule has 388 valence electrons. The second kappa shape index (κ2) is 25.0. The Labute approximate surface area is 448 Å². The molecule has 0 fully saturated rings. The van der Waals surface area contributed by atoms with Gasteiger partial charge in [-0.15, -0.1) is 0 Å². The molecule has 0 saturated carbocycles. The molecule has 4 aromatic carbocycles. The molecule has 0 aliphatic rings. The Morgan fingerprint density at radius 1 is 0.628 bits per heavy atom. The van der Waals surface area contributed by atoms with E-state index < -0.39 is 5.97 Å². The van der Waals surface area contributed by atoms with Crippen LogP contribution in [0.15, 0.2) is 146 Å². The quantitative estimate of drug-likeness (QED) is 0.0914. The van der Waals surface area contributed by atoms with Crippen LogP contribution in [0.3, 0.4) is 0 Å². The maximum absolute atomic E-state index is 12.2. The molecule has 0 bridgehead atoms. The number of phenols is 1.